The molecule has 3 rings (SSSR count). The van der Waals surface area contributed by atoms with Gasteiger partial charge in [-0.25, -0.2) is 13.9 Å². The Kier molecular flexibility index (Phi) is 20.7. The number of aliphatic hydroxyl groups excluding tert-OH is 6. The van der Waals surface area contributed by atoms with Crippen LogP contribution in [-0.2, 0) is 64.8 Å². The monoisotopic (exact) mass is 881 g/mol. The van der Waals surface area contributed by atoms with E-state index in [1.165, 1.54) is 6.92 Å². The number of phosphoric acid groups is 2. The van der Waals surface area contributed by atoms with E-state index in [1.54, 1.807) is 0 Å². The summed E-state index contributed by atoms with van der Waals surface area (Å²) in [7, 11) is -8.27. The maximum atomic E-state index is 13.6. The second-order valence-corrected chi connectivity index (χ2v) is 16.6. The van der Waals surface area contributed by atoms with Crippen LogP contribution in [0.3, 0.4) is 0 Å². The van der Waals surface area contributed by atoms with Crippen LogP contribution in [-0.4, -0.2) is 168 Å². The highest BCUT2D eigenvalue weighted by Crippen LogP contribution is 2.66. The molecular weight excluding hydrogens is 828 g/mol. The zero-order valence-corrected chi connectivity index (χ0v) is 33.8. The van der Waals surface area contributed by atoms with E-state index in [0.29, 0.717) is 12.8 Å². The van der Waals surface area contributed by atoms with Crippen LogP contribution in [0.4, 0.5) is 0 Å². The quantitative estimate of drug-likeness (QED) is 0.0269. The smallest absolute Gasteiger partial charge is 0.457 e. The lowest BCUT2D eigenvalue weighted by Gasteiger charge is -2.41. The van der Waals surface area contributed by atoms with Crippen molar-refractivity contribution in [2.75, 3.05) is 67.0 Å². The van der Waals surface area contributed by atoms with Gasteiger partial charge in [0.15, 0.2) is 12.5 Å². The molecule has 0 aromatic carbocycles. The molecule has 27 heteroatoms. The molecule has 8 unspecified atom stereocenters. The Bertz CT molecular complexity index is 1640. The maximum Gasteiger partial charge on any atom is 0.485 e. The van der Waals surface area contributed by atoms with Crippen molar-refractivity contribution in [1.82, 2.24) is 14.9 Å². The number of nitrogens with zero attached hydrogens (tertiary/aromatic N) is 1. The minimum absolute atomic E-state index is 0.0367. The van der Waals surface area contributed by atoms with Crippen LogP contribution < -0.4 is 16.6 Å². The molecule has 58 heavy (non-hydrogen) atoms. The Morgan fingerprint density at radius 3 is 2.10 bits per heavy atom. The number of amides is 1. The Hall–Kier alpha value is -2.52. The summed E-state index contributed by atoms with van der Waals surface area (Å²) in [4.78, 5) is 50.6. The molecule has 2 aliphatic rings. The summed E-state index contributed by atoms with van der Waals surface area (Å²) in [6.45, 7) is 0.203. The number of ether oxygens (including phenoxy) is 5. The van der Waals surface area contributed by atoms with Crippen molar-refractivity contribution in [3.8, 4) is 0 Å². The first-order chi connectivity index (χ1) is 27.5. The number of phosphoric ester groups is 2. The summed E-state index contributed by atoms with van der Waals surface area (Å²) in [5.74, 6) is -2.58. The molecule has 1 aromatic rings. The third kappa shape index (κ3) is 14.9. The average molecular weight is 882 g/mol. The number of hydrogen-bond donors (Lipinski definition) is 8. The van der Waals surface area contributed by atoms with E-state index < -0.39 is 113 Å². The van der Waals surface area contributed by atoms with Gasteiger partial charge < -0.3 is 59.6 Å². The second kappa shape index (κ2) is 24.1. The average Bonchev–Trinajstić information content (AvgIpc) is 3.47. The van der Waals surface area contributed by atoms with Gasteiger partial charge in [-0.15, -0.1) is 0 Å². The molecule has 1 aromatic heterocycles. The van der Waals surface area contributed by atoms with Crippen LogP contribution >= 0.6 is 15.6 Å². The van der Waals surface area contributed by atoms with Crippen molar-refractivity contribution in [3.63, 3.8) is 0 Å². The second-order valence-electron chi connectivity index (χ2n) is 12.9. The number of hydrogen-bond acceptors (Lipinski definition) is 22. The molecule has 0 bridgehead atoms. The molecule has 2 fully saturated rings. The standard InChI is InChI=1S/C31H53N3O22P2/c1-18-25(40)26(41)20(14-32-22(37)6-7-24(39)52-19(15-49-12-4-10-35)16-50-13-5-11-36)54-30(18)55-58(46,48-3)56-57(45,47-2)51-17-21-27(42)28(43)29(53-21)34-9-8-23(38)33-31(34)44/h8-9,18-21,25-30,35-36,40-43H,4-7,10-17H2,1-3H3,(H,32,37)(H,33,38,44)/t18?,20?,21?,25-,26+,27?,28?,29?,30+,57?,58?/m1/s1. The third-order valence-corrected chi connectivity index (χ3v) is 12.0. The maximum absolute atomic E-state index is 13.6. The SMILES string of the molecule is COP(=O)(OCC1OC(n2ccc(=O)[nH]c2=O)C(O)C1O)OP(=O)(OC)O[C@@H]1OC(CNC(=O)CCC(=O)OC(COCCCO)COCCCO)[C@H](O)[C@H](O)C1C. The molecule has 8 N–H and O–H groups in total. The molecule has 3 heterocycles. The third-order valence-electron chi connectivity index (χ3n) is 8.60. The molecule has 334 valence electrons. The van der Waals surface area contributed by atoms with E-state index in [-0.39, 0.29) is 52.5 Å². The number of aromatic nitrogens is 2. The van der Waals surface area contributed by atoms with E-state index >= 15 is 0 Å². The minimum atomic E-state index is -5.01. The van der Waals surface area contributed by atoms with Crippen molar-refractivity contribution >= 4 is 27.5 Å². The van der Waals surface area contributed by atoms with E-state index in [1.807, 2.05) is 4.98 Å². The van der Waals surface area contributed by atoms with Gasteiger partial charge in [0.2, 0.25) is 5.91 Å². The number of aliphatic hydroxyl groups is 6. The Labute approximate surface area is 331 Å². The summed E-state index contributed by atoms with van der Waals surface area (Å²) in [5.41, 5.74) is -1.69. The molecular formula is C31H53N3O22P2. The van der Waals surface area contributed by atoms with Crippen LogP contribution in [0.2, 0.25) is 0 Å². The van der Waals surface area contributed by atoms with Crippen LogP contribution in [0, 0.1) is 5.92 Å². The van der Waals surface area contributed by atoms with Crippen LogP contribution in [0.5, 0.6) is 0 Å². The number of H-pyrrole nitrogens is 1. The van der Waals surface area contributed by atoms with Crippen LogP contribution in [0.15, 0.2) is 21.9 Å². The Morgan fingerprint density at radius 1 is 0.897 bits per heavy atom. The van der Waals surface area contributed by atoms with E-state index in [4.69, 9.17) is 56.3 Å². The lowest BCUT2D eigenvalue weighted by molar-refractivity contribution is -0.252. The van der Waals surface area contributed by atoms with Gasteiger partial charge in [-0.05, 0) is 12.8 Å². The number of carbonyl (C=O) groups is 2. The molecule has 0 saturated carbocycles. The fraction of sp³-hybridized carbons (Fsp3) is 0.806. The Morgan fingerprint density at radius 2 is 1.52 bits per heavy atom. The molecule has 0 radical (unpaired) electrons. The Balaban J connectivity index is 1.55. The predicted molar refractivity (Wildman–Crippen MR) is 192 cm³/mol. The van der Waals surface area contributed by atoms with Crippen LogP contribution in [0.25, 0.3) is 0 Å². The highest BCUT2D eigenvalue weighted by atomic mass is 31.3. The van der Waals surface area contributed by atoms with Gasteiger partial charge in [0.1, 0.15) is 36.6 Å². The van der Waals surface area contributed by atoms with Gasteiger partial charge in [0, 0.05) is 71.8 Å². The van der Waals surface area contributed by atoms with Crippen molar-refractivity contribution in [2.45, 2.75) is 87.9 Å². The first kappa shape index (κ1) is 49.8. The zero-order chi connectivity index (χ0) is 43.0. The summed E-state index contributed by atoms with van der Waals surface area (Å²) in [6.07, 6.45) is -12.6. The number of esters is 1. The first-order valence-electron chi connectivity index (χ1n) is 18.0. The van der Waals surface area contributed by atoms with Crippen molar-refractivity contribution in [1.29, 1.82) is 0 Å². The largest absolute Gasteiger partial charge is 0.485 e. The number of carbonyl (C=O) groups excluding carboxylic acids is 2. The molecule has 11 atom stereocenters. The van der Waals surface area contributed by atoms with E-state index in [0.717, 1.165) is 31.0 Å². The summed E-state index contributed by atoms with van der Waals surface area (Å²) in [5, 5.41) is 62.6. The van der Waals surface area contributed by atoms with Crippen molar-refractivity contribution in [2.24, 2.45) is 5.92 Å². The number of nitrogens with one attached hydrogen (secondary N) is 2. The van der Waals surface area contributed by atoms with Crippen LogP contribution in [0.1, 0.15) is 38.8 Å². The normalized spacial score (nSPS) is 28.2. The summed E-state index contributed by atoms with van der Waals surface area (Å²) < 4.78 is 80.3. The van der Waals surface area contributed by atoms with Gasteiger partial charge in [-0.2, -0.15) is 4.31 Å². The highest BCUT2D eigenvalue weighted by Gasteiger charge is 2.50. The molecule has 25 nitrogen and oxygen atoms in total. The molecule has 0 aliphatic carbocycles. The van der Waals surface area contributed by atoms with Crippen molar-refractivity contribution in [3.05, 3.63) is 33.1 Å². The lowest BCUT2D eigenvalue weighted by atomic mass is 9.92. The number of aromatic amines is 1. The van der Waals surface area contributed by atoms with E-state index in [2.05, 4.69) is 5.32 Å². The fourth-order valence-electron chi connectivity index (χ4n) is 5.34. The summed E-state index contributed by atoms with van der Waals surface area (Å²) >= 11 is 0. The van der Waals surface area contributed by atoms with Gasteiger partial charge in [-0.3, -0.25) is 42.0 Å². The highest BCUT2D eigenvalue weighted by molar-refractivity contribution is 7.62. The molecule has 2 aliphatic heterocycles. The summed E-state index contributed by atoms with van der Waals surface area (Å²) in [6, 6.07) is 0.970. The first-order valence-corrected chi connectivity index (χ1v) is 21.0. The lowest BCUT2D eigenvalue weighted by Crippen LogP contribution is -2.57. The van der Waals surface area contributed by atoms with Gasteiger partial charge in [-0.1, -0.05) is 6.92 Å². The van der Waals surface area contributed by atoms with Gasteiger partial charge in [0.05, 0.1) is 32.3 Å². The zero-order valence-electron chi connectivity index (χ0n) is 32.0. The van der Waals surface area contributed by atoms with E-state index in [9.17, 15) is 48.7 Å². The molecule has 2 saturated heterocycles. The topological polar surface area (TPSA) is 349 Å². The van der Waals surface area contributed by atoms with Gasteiger partial charge in [0.25, 0.3) is 5.56 Å². The van der Waals surface area contributed by atoms with Crippen molar-refractivity contribution < 1.29 is 95.4 Å². The minimum Gasteiger partial charge on any atom is -0.457 e. The predicted octanol–water partition coefficient (Wildman–Crippen LogP) is -2.60. The van der Waals surface area contributed by atoms with Gasteiger partial charge >= 0.3 is 27.3 Å². The fourth-order valence-corrected chi connectivity index (χ4v) is 8.22. The molecule has 0 spiro atoms. The molecule has 1 amide bonds. The number of rotatable bonds is 26.